The summed E-state index contributed by atoms with van der Waals surface area (Å²) >= 11 is 0. The smallest absolute Gasteiger partial charge is 0.408 e. The molecular weight excluding hydrogens is 579 g/mol. The number of ether oxygens (including phenoxy) is 1. The minimum absolute atomic E-state index is 0.0365. The first-order valence-corrected chi connectivity index (χ1v) is 15.6. The number of Topliss-reactive ketones (excluding diaryl/α,β-unsaturated/α-hetero) is 1. The van der Waals surface area contributed by atoms with Crippen molar-refractivity contribution in [2.24, 2.45) is 11.8 Å². The number of amides is 4. The molecule has 1 aliphatic carbocycles. The number of halogens is 1. The molecule has 11 heteroatoms. The lowest BCUT2D eigenvalue weighted by atomic mass is 9.76. The Morgan fingerprint density at radius 3 is 2.29 bits per heavy atom. The monoisotopic (exact) mass is 622 g/mol. The second kappa shape index (κ2) is 14.7. The highest BCUT2D eigenvalue weighted by Crippen LogP contribution is 2.40. The van der Waals surface area contributed by atoms with E-state index < -0.39 is 59.0 Å². The number of hydrogen-bond acceptors (Lipinski definition) is 6. The fourth-order valence-corrected chi connectivity index (χ4v) is 5.59. The van der Waals surface area contributed by atoms with Crippen LogP contribution in [0, 0.1) is 17.7 Å². The van der Waals surface area contributed by atoms with Gasteiger partial charge in [0.05, 0.1) is 6.04 Å². The molecule has 4 atom stereocenters. The Morgan fingerprint density at radius 2 is 1.69 bits per heavy atom. The highest BCUT2D eigenvalue weighted by molar-refractivity contribution is 6.38. The van der Waals surface area contributed by atoms with Crippen LogP contribution < -0.4 is 21.3 Å². The van der Waals surface area contributed by atoms with Gasteiger partial charge in [-0.05, 0) is 61.3 Å². The van der Waals surface area contributed by atoms with E-state index >= 15 is 0 Å². The Labute approximate surface area is 263 Å². The van der Waals surface area contributed by atoms with Crippen LogP contribution in [-0.2, 0) is 29.3 Å². The average Bonchev–Trinajstić information content (AvgIpc) is 3.73. The first-order valence-electron chi connectivity index (χ1n) is 15.6. The normalized spacial score (nSPS) is 18.4. The molecule has 0 spiro atoms. The van der Waals surface area contributed by atoms with E-state index in [1.807, 2.05) is 33.8 Å². The minimum Gasteiger partial charge on any atom is -0.440 e. The van der Waals surface area contributed by atoms with Gasteiger partial charge in [-0.1, -0.05) is 70.2 Å². The molecule has 2 aliphatic rings. The van der Waals surface area contributed by atoms with Crippen LogP contribution in [0.3, 0.4) is 0 Å². The molecule has 4 unspecified atom stereocenters. The highest BCUT2D eigenvalue weighted by atomic mass is 19.1. The topological polar surface area (TPSA) is 143 Å². The van der Waals surface area contributed by atoms with Crippen molar-refractivity contribution in [2.45, 2.75) is 89.4 Å². The zero-order valence-corrected chi connectivity index (χ0v) is 26.2. The highest BCUT2D eigenvalue weighted by Gasteiger charge is 2.39. The number of carbonyl (C=O) groups is 5. The molecule has 2 aromatic carbocycles. The van der Waals surface area contributed by atoms with Crippen molar-refractivity contribution in [3.8, 4) is 0 Å². The molecule has 0 radical (unpaired) electrons. The molecule has 0 aromatic heterocycles. The Hall–Kier alpha value is -4.28. The van der Waals surface area contributed by atoms with E-state index in [-0.39, 0.29) is 30.7 Å². The maximum absolute atomic E-state index is 14.2. The third-order valence-electron chi connectivity index (χ3n) is 8.32. The van der Waals surface area contributed by atoms with Gasteiger partial charge in [-0.25, -0.2) is 9.18 Å². The van der Waals surface area contributed by atoms with Gasteiger partial charge >= 0.3 is 6.09 Å². The maximum atomic E-state index is 14.2. The van der Waals surface area contributed by atoms with Crippen molar-refractivity contribution in [3.63, 3.8) is 0 Å². The van der Waals surface area contributed by atoms with Crippen LogP contribution in [-0.4, -0.2) is 54.3 Å². The van der Waals surface area contributed by atoms with Gasteiger partial charge in [0.25, 0.3) is 5.91 Å². The fourth-order valence-electron chi connectivity index (χ4n) is 5.59. The van der Waals surface area contributed by atoms with Gasteiger partial charge in [-0.2, -0.15) is 0 Å². The summed E-state index contributed by atoms with van der Waals surface area (Å²) in [6.45, 7) is 7.88. The lowest BCUT2D eigenvalue weighted by Gasteiger charge is -2.35. The summed E-state index contributed by atoms with van der Waals surface area (Å²) < 4.78 is 20.2. The van der Waals surface area contributed by atoms with Gasteiger partial charge in [0.1, 0.15) is 18.0 Å². The standard InChI is InChI=1S/C34H43FN4O6/c1-20(2)17-27(31(42)38-26(18-22-15-16-36-30(22)41)28(40)32(43)37-25-13-14-25)39-33(44)45-29(21-9-6-5-7-10-21)34(3,4)23-11-8-12-24(35)19-23/h5-12,19-20,22,25-27,29H,13-18H2,1-4H3,(H,36,41)(H,37,43)(H,38,42)(H,39,44). The first kappa shape index (κ1) is 33.6. The number of carbonyl (C=O) groups excluding carboxylic acids is 5. The van der Waals surface area contributed by atoms with E-state index in [0.29, 0.717) is 24.1 Å². The summed E-state index contributed by atoms with van der Waals surface area (Å²) in [4.78, 5) is 65.2. The molecule has 1 saturated heterocycles. The van der Waals surface area contributed by atoms with Gasteiger partial charge in [0, 0.05) is 23.9 Å². The van der Waals surface area contributed by atoms with Crippen LogP contribution in [0.5, 0.6) is 0 Å². The van der Waals surface area contributed by atoms with Gasteiger partial charge < -0.3 is 26.0 Å². The maximum Gasteiger partial charge on any atom is 0.408 e. The van der Waals surface area contributed by atoms with Crippen molar-refractivity contribution >= 4 is 29.6 Å². The molecule has 1 heterocycles. The molecule has 2 aromatic rings. The summed E-state index contributed by atoms with van der Waals surface area (Å²) in [7, 11) is 0. The summed E-state index contributed by atoms with van der Waals surface area (Å²) in [5, 5.41) is 10.7. The average molecular weight is 623 g/mol. The lowest BCUT2D eigenvalue weighted by Crippen LogP contribution is -2.55. The Morgan fingerprint density at radius 1 is 0.978 bits per heavy atom. The van der Waals surface area contributed by atoms with Crippen LogP contribution in [0.2, 0.25) is 0 Å². The molecule has 1 saturated carbocycles. The molecule has 10 nitrogen and oxygen atoms in total. The van der Waals surface area contributed by atoms with Gasteiger partial charge in [0.15, 0.2) is 0 Å². The first-order chi connectivity index (χ1) is 21.3. The summed E-state index contributed by atoms with van der Waals surface area (Å²) in [5.74, 6) is -3.54. The molecule has 4 N–H and O–H groups in total. The van der Waals surface area contributed by atoms with Crippen molar-refractivity contribution in [1.29, 1.82) is 0 Å². The van der Waals surface area contributed by atoms with Crippen molar-refractivity contribution in [2.75, 3.05) is 6.54 Å². The SMILES string of the molecule is CC(C)CC(NC(=O)OC(c1ccccc1)C(C)(C)c1cccc(F)c1)C(=O)NC(CC1CCNC1=O)C(=O)C(=O)NC1CC1. The van der Waals surface area contributed by atoms with E-state index in [9.17, 15) is 28.4 Å². The zero-order valence-electron chi connectivity index (χ0n) is 26.2. The van der Waals surface area contributed by atoms with E-state index in [1.165, 1.54) is 12.1 Å². The third kappa shape index (κ3) is 9.12. The second-order valence-electron chi connectivity index (χ2n) is 12.9. The summed E-state index contributed by atoms with van der Waals surface area (Å²) in [6, 6.07) is 12.7. The summed E-state index contributed by atoms with van der Waals surface area (Å²) in [5.41, 5.74) is 0.418. The molecule has 242 valence electrons. The number of alkyl carbamates (subject to hydrolysis) is 1. The summed E-state index contributed by atoms with van der Waals surface area (Å²) in [6.07, 6.45) is 0.482. The van der Waals surface area contributed by atoms with Crippen LogP contribution in [0.1, 0.15) is 77.0 Å². The van der Waals surface area contributed by atoms with Gasteiger partial charge in [-0.3, -0.25) is 19.2 Å². The predicted octanol–water partition coefficient (Wildman–Crippen LogP) is 3.84. The number of rotatable bonds is 14. The van der Waals surface area contributed by atoms with E-state index in [4.69, 9.17) is 4.74 Å². The second-order valence-corrected chi connectivity index (χ2v) is 12.9. The van der Waals surface area contributed by atoms with Crippen LogP contribution >= 0.6 is 0 Å². The van der Waals surface area contributed by atoms with Crippen molar-refractivity contribution in [1.82, 2.24) is 21.3 Å². The van der Waals surface area contributed by atoms with Gasteiger partial charge in [0.2, 0.25) is 17.6 Å². The van der Waals surface area contributed by atoms with Crippen LogP contribution in [0.25, 0.3) is 0 Å². The lowest BCUT2D eigenvalue weighted by molar-refractivity contribution is -0.141. The number of nitrogens with one attached hydrogen (secondary N) is 4. The molecule has 0 bridgehead atoms. The molecule has 1 aliphatic heterocycles. The Bertz CT molecular complexity index is 1390. The third-order valence-corrected chi connectivity index (χ3v) is 8.32. The molecule has 4 amide bonds. The molecular formula is C34H43FN4O6. The number of hydrogen-bond donors (Lipinski definition) is 4. The quantitative estimate of drug-likeness (QED) is 0.236. The van der Waals surface area contributed by atoms with Crippen molar-refractivity contribution in [3.05, 3.63) is 71.5 Å². The number of benzene rings is 2. The fraction of sp³-hybridized carbons (Fsp3) is 0.500. The van der Waals surface area contributed by atoms with E-state index in [0.717, 1.165) is 12.8 Å². The molecule has 4 rings (SSSR count). The van der Waals surface area contributed by atoms with Crippen LogP contribution in [0.15, 0.2) is 54.6 Å². The van der Waals surface area contributed by atoms with E-state index in [1.54, 1.807) is 36.4 Å². The van der Waals surface area contributed by atoms with Crippen LogP contribution in [0.4, 0.5) is 9.18 Å². The Balaban J connectivity index is 1.53. The largest absolute Gasteiger partial charge is 0.440 e. The van der Waals surface area contributed by atoms with Gasteiger partial charge in [-0.15, -0.1) is 0 Å². The Kier molecular flexibility index (Phi) is 11.0. The molecule has 45 heavy (non-hydrogen) atoms. The number of ketones is 1. The zero-order chi connectivity index (χ0) is 32.7. The molecule has 2 fully saturated rings. The minimum atomic E-state index is -1.25. The predicted molar refractivity (Wildman–Crippen MR) is 165 cm³/mol. The van der Waals surface area contributed by atoms with Crippen molar-refractivity contribution < 1.29 is 33.1 Å². The van der Waals surface area contributed by atoms with E-state index in [2.05, 4.69) is 21.3 Å².